The van der Waals surface area contributed by atoms with E-state index < -0.39 is 6.10 Å². The predicted molar refractivity (Wildman–Crippen MR) is 52.5 cm³/mol. The molecular weight excluding hydrogens is 180 g/mol. The van der Waals surface area contributed by atoms with Crippen molar-refractivity contribution >= 4 is 11.0 Å². The monoisotopic (exact) mass is 192 g/mol. The summed E-state index contributed by atoms with van der Waals surface area (Å²) in [5.41, 5.74) is 7.10. The van der Waals surface area contributed by atoms with Crippen LogP contribution in [0.2, 0.25) is 0 Å². The molecule has 0 spiro atoms. The first-order chi connectivity index (χ1) is 6.74. The zero-order valence-electron chi connectivity index (χ0n) is 7.88. The maximum absolute atomic E-state index is 9.58. The van der Waals surface area contributed by atoms with Gasteiger partial charge in [0.1, 0.15) is 17.4 Å². The summed E-state index contributed by atoms with van der Waals surface area (Å²) in [4.78, 5) is 8.22. The third-order valence-corrected chi connectivity index (χ3v) is 2.24. The molecule has 2 rings (SSSR count). The average molecular weight is 192 g/mol. The van der Waals surface area contributed by atoms with E-state index in [4.69, 9.17) is 5.73 Å². The lowest BCUT2D eigenvalue weighted by molar-refractivity contribution is 0.174. The number of aryl methyl sites for hydroxylation is 1. The topological polar surface area (TPSA) is 77.0 Å². The van der Waals surface area contributed by atoms with E-state index in [0.717, 1.165) is 11.0 Å². The Kier molecular flexibility index (Phi) is 2.18. The Morgan fingerprint density at radius 1 is 1.64 bits per heavy atom. The van der Waals surface area contributed by atoms with Gasteiger partial charge in [-0.3, -0.25) is 4.98 Å². The summed E-state index contributed by atoms with van der Waals surface area (Å²) in [5.74, 6) is 0.579. The highest BCUT2D eigenvalue weighted by molar-refractivity contribution is 5.74. The Labute approximate surface area is 81.2 Å². The fraction of sp³-hybridized carbons (Fsp3) is 0.333. The maximum Gasteiger partial charge on any atom is 0.139 e. The van der Waals surface area contributed by atoms with Crippen molar-refractivity contribution in [3.05, 3.63) is 24.3 Å². The fourth-order valence-electron chi connectivity index (χ4n) is 1.47. The lowest BCUT2D eigenvalue weighted by Crippen LogP contribution is -2.15. The standard InChI is InChI=1S/C9H12N4O/c1-13-7-2-3-11-5-6(7)12-9(13)8(14)4-10/h2-3,5,8,14H,4,10H2,1H3. The molecule has 2 aromatic heterocycles. The second kappa shape index (κ2) is 3.36. The Morgan fingerprint density at radius 3 is 3.07 bits per heavy atom. The van der Waals surface area contributed by atoms with Crippen LogP contribution in [-0.2, 0) is 7.05 Å². The first kappa shape index (κ1) is 9.11. The summed E-state index contributed by atoms with van der Waals surface area (Å²) >= 11 is 0. The lowest BCUT2D eigenvalue weighted by Gasteiger charge is -2.06. The van der Waals surface area contributed by atoms with Gasteiger partial charge in [0.2, 0.25) is 0 Å². The second-order valence-corrected chi connectivity index (χ2v) is 3.14. The molecule has 74 valence electrons. The van der Waals surface area contributed by atoms with Crippen LogP contribution in [0.25, 0.3) is 11.0 Å². The SMILES string of the molecule is Cn1c(C(O)CN)nc2cnccc21. The van der Waals surface area contributed by atoms with Crippen molar-refractivity contribution < 1.29 is 5.11 Å². The van der Waals surface area contributed by atoms with E-state index in [9.17, 15) is 5.11 Å². The molecule has 0 bridgehead atoms. The van der Waals surface area contributed by atoms with Gasteiger partial charge in [-0.25, -0.2) is 4.98 Å². The Bertz CT molecular complexity index is 451. The van der Waals surface area contributed by atoms with Crippen LogP contribution in [0, 0.1) is 0 Å². The first-order valence-electron chi connectivity index (χ1n) is 4.38. The van der Waals surface area contributed by atoms with Crippen LogP contribution in [0.15, 0.2) is 18.5 Å². The van der Waals surface area contributed by atoms with Gasteiger partial charge in [0.25, 0.3) is 0 Å². The average Bonchev–Trinajstić information content (AvgIpc) is 2.56. The van der Waals surface area contributed by atoms with Crippen LogP contribution >= 0.6 is 0 Å². The van der Waals surface area contributed by atoms with E-state index >= 15 is 0 Å². The van der Waals surface area contributed by atoms with Crippen LogP contribution in [-0.4, -0.2) is 26.2 Å². The second-order valence-electron chi connectivity index (χ2n) is 3.14. The summed E-state index contributed by atoms with van der Waals surface area (Å²) in [7, 11) is 1.85. The van der Waals surface area contributed by atoms with Gasteiger partial charge in [-0.15, -0.1) is 0 Å². The zero-order valence-corrected chi connectivity index (χ0v) is 7.88. The van der Waals surface area contributed by atoms with Gasteiger partial charge in [0, 0.05) is 19.8 Å². The fourth-order valence-corrected chi connectivity index (χ4v) is 1.47. The molecule has 0 aliphatic carbocycles. The van der Waals surface area contributed by atoms with Gasteiger partial charge in [-0.2, -0.15) is 0 Å². The molecule has 3 N–H and O–H groups in total. The summed E-state index contributed by atoms with van der Waals surface area (Å²) in [5, 5.41) is 9.58. The molecule has 0 fully saturated rings. The highest BCUT2D eigenvalue weighted by Gasteiger charge is 2.13. The smallest absolute Gasteiger partial charge is 0.139 e. The van der Waals surface area contributed by atoms with Gasteiger partial charge >= 0.3 is 0 Å². The molecule has 0 amide bonds. The van der Waals surface area contributed by atoms with Gasteiger partial charge < -0.3 is 15.4 Å². The minimum atomic E-state index is -0.715. The van der Waals surface area contributed by atoms with Crippen molar-refractivity contribution in [2.24, 2.45) is 12.8 Å². The molecule has 1 unspecified atom stereocenters. The Balaban J connectivity index is 2.62. The number of hydrogen-bond acceptors (Lipinski definition) is 4. The number of aliphatic hydroxyl groups is 1. The number of hydrogen-bond donors (Lipinski definition) is 2. The van der Waals surface area contributed by atoms with Crippen LogP contribution < -0.4 is 5.73 Å². The number of aliphatic hydroxyl groups excluding tert-OH is 1. The minimum absolute atomic E-state index is 0.171. The minimum Gasteiger partial charge on any atom is -0.384 e. The van der Waals surface area contributed by atoms with E-state index in [1.54, 1.807) is 12.4 Å². The lowest BCUT2D eigenvalue weighted by atomic mass is 10.3. The molecule has 0 aliphatic heterocycles. The van der Waals surface area contributed by atoms with Crippen molar-refractivity contribution in [2.75, 3.05) is 6.54 Å². The maximum atomic E-state index is 9.58. The van der Waals surface area contributed by atoms with Crippen molar-refractivity contribution in [3.63, 3.8) is 0 Å². The molecule has 0 saturated heterocycles. The van der Waals surface area contributed by atoms with Crippen LogP contribution in [0.3, 0.4) is 0 Å². The van der Waals surface area contributed by atoms with Crippen LogP contribution in [0.4, 0.5) is 0 Å². The third kappa shape index (κ3) is 1.26. The normalized spacial score (nSPS) is 13.4. The third-order valence-electron chi connectivity index (χ3n) is 2.24. The van der Waals surface area contributed by atoms with E-state index in [1.165, 1.54) is 0 Å². The van der Waals surface area contributed by atoms with E-state index in [-0.39, 0.29) is 6.54 Å². The summed E-state index contributed by atoms with van der Waals surface area (Å²) in [6.07, 6.45) is 2.65. The van der Waals surface area contributed by atoms with E-state index in [0.29, 0.717) is 5.82 Å². The van der Waals surface area contributed by atoms with Crippen LogP contribution in [0.1, 0.15) is 11.9 Å². The van der Waals surface area contributed by atoms with Gasteiger partial charge in [-0.1, -0.05) is 0 Å². The highest BCUT2D eigenvalue weighted by atomic mass is 16.3. The number of fused-ring (bicyclic) bond motifs is 1. The molecule has 14 heavy (non-hydrogen) atoms. The molecule has 2 aromatic rings. The molecule has 5 heteroatoms. The molecule has 0 radical (unpaired) electrons. The molecule has 0 aromatic carbocycles. The van der Waals surface area contributed by atoms with E-state index in [1.807, 2.05) is 17.7 Å². The molecule has 0 saturated carbocycles. The zero-order chi connectivity index (χ0) is 10.1. The molecule has 2 heterocycles. The number of rotatable bonds is 2. The number of nitrogens with two attached hydrogens (primary N) is 1. The summed E-state index contributed by atoms with van der Waals surface area (Å²) < 4.78 is 1.83. The van der Waals surface area contributed by atoms with Crippen molar-refractivity contribution in [2.45, 2.75) is 6.10 Å². The first-order valence-corrected chi connectivity index (χ1v) is 4.38. The van der Waals surface area contributed by atoms with Crippen molar-refractivity contribution in [1.29, 1.82) is 0 Å². The largest absolute Gasteiger partial charge is 0.384 e. The molecule has 1 atom stereocenters. The summed E-state index contributed by atoms with van der Waals surface area (Å²) in [6, 6.07) is 1.86. The summed E-state index contributed by atoms with van der Waals surface area (Å²) in [6.45, 7) is 0.171. The Hall–Kier alpha value is -1.46. The predicted octanol–water partition coefficient (Wildman–Crippen LogP) is -0.0396. The van der Waals surface area contributed by atoms with Crippen LogP contribution in [0.5, 0.6) is 0 Å². The molecule has 5 nitrogen and oxygen atoms in total. The van der Waals surface area contributed by atoms with Crippen molar-refractivity contribution in [3.8, 4) is 0 Å². The number of nitrogens with zero attached hydrogens (tertiary/aromatic N) is 3. The number of imidazole rings is 1. The van der Waals surface area contributed by atoms with Gasteiger partial charge in [0.05, 0.1) is 11.7 Å². The van der Waals surface area contributed by atoms with Crippen molar-refractivity contribution in [1.82, 2.24) is 14.5 Å². The number of aromatic nitrogens is 3. The molecule has 0 aliphatic rings. The van der Waals surface area contributed by atoms with Gasteiger partial charge in [-0.05, 0) is 6.07 Å². The Morgan fingerprint density at radius 2 is 2.43 bits per heavy atom. The van der Waals surface area contributed by atoms with Gasteiger partial charge in [0.15, 0.2) is 0 Å². The highest BCUT2D eigenvalue weighted by Crippen LogP contribution is 2.17. The molecular formula is C9H12N4O. The number of pyridine rings is 1. The quantitative estimate of drug-likeness (QED) is 0.700. The van der Waals surface area contributed by atoms with E-state index in [2.05, 4.69) is 9.97 Å².